The third-order valence-electron chi connectivity index (χ3n) is 5.84. The molecular weight excluding hydrogens is 439 g/mol. The van der Waals surface area contributed by atoms with Crippen LogP contribution in [0.5, 0.6) is 0 Å². The van der Waals surface area contributed by atoms with Crippen molar-refractivity contribution >= 4 is 28.3 Å². The number of benzene rings is 3. The lowest BCUT2D eigenvalue weighted by Gasteiger charge is -2.28. The molecule has 0 saturated heterocycles. The largest absolute Gasteiger partial charge is 0.426 e. The molecule has 0 aliphatic carbocycles. The molecule has 3 aromatic carbocycles. The molecule has 4 aromatic rings. The van der Waals surface area contributed by atoms with Gasteiger partial charge in [-0.05, 0) is 78.2 Å². The fraction of sp³-hybridized carbons (Fsp3) is 0.200. The van der Waals surface area contributed by atoms with Crippen LogP contribution in [-0.4, -0.2) is 32.5 Å². The van der Waals surface area contributed by atoms with E-state index in [0.29, 0.717) is 28.7 Å². The molecule has 1 aromatic heterocycles. The monoisotopic (exact) mass is 462 g/mol. The summed E-state index contributed by atoms with van der Waals surface area (Å²) >= 11 is 0. The summed E-state index contributed by atoms with van der Waals surface area (Å²) in [6.45, 7) is 1.59. The Hall–Kier alpha value is -4.11. The van der Waals surface area contributed by atoms with Gasteiger partial charge in [-0.3, -0.25) is 4.79 Å². The van der Waals surface area contributed by atoms with Gasteiger partial charge >= 0.3 is 0 Å². The minimum Gasteiger partial charge on any atom is -0.426 e. The van der Waals surface area contributed by atoms with E-state index in [9.17, 15) is 24.4 Å². The molecule has 1 heterocycles. The lowest BCUT2D eigenvalue weighted by Crippen LogP contribution is -2.36. The Labute approximate surface area is 194 Å². The Morgan fingerprint density at radius 2 is 1.82 bits per heavy atom. The SMILES string of the molecule is CC(CCO)(Cc1ccc(F)cc1)C(=O)Nc1ccc(-c2nc3ccc(N=O)cc3n2O)cc1. The Bertz CT molecular complexity index is 1340. The number of aliphatic hydroxyl groups excluding tert-OH is 1. The first-order valence-corrected chi connectivity index (χ1v) is 10.7. The molecule has 174 valence electrons. The molecule has 0 radical (unpaired) electrons. The van der Waals surface area contributed by atoms with Crippen molar-refractivity contribution in [3.05, 3.63) is 83.0 Å². The number of carbonyl (C=O) groups excluding carboxylic acids is 1. The van der Waals surface area contributed by atoms with Gasteiger partial charge in [0, 0.05) is 17.9 Å². The normalized spacial score (nSPS) is 12.9. The summed E-state index contributed by atoms with van der Waals surface area (Å²) in [7, 11) is 0. The van der Waals surface area contributed by atoms with Crippen molar-refractivity contribution in [2.75, 3.05) is 11.9 Å². The molecule has 0 aliphatic heterocycles. The second-order valence-electron chi connectivity index (χ2n) is 8.38. The quantitative estimate of drug-likeness (QED) is 0.250. The van der Waals surface area contributed by atoms with Crippen molar-refractivity contribution in [2.24, 2.45) is 10.6 Å². The number of aromatic nitrogens is 2. The number of hydrogen-bond acceptors (Lipinski definition) is 6. The maximum atomic E-state index is 13.2. The van der Waals surface area contributed by atoms with Crippen molar-refractivity contribution in [1.29, 1.82) is 0 Å². The Morgan fingerprint density at radius 1 is 1.12 bits per heavy atom. The number of halogens is 1. The van der Waals surface area contributed by atoms with Gasteiger partial charge in [0.1, 0.15) is 17.0 Å². The van der Waals surface area contributed by atoms with E-state index >= 15 is 0 Å². The number of rotatable bonds is 8. The topological polar surface area (TPSA) is 117 Å². The van der Waals surface area contributed by atoms with E-state index in [1.54, 1.807) is 49.4 Å². The highest BCUT2D eigenvalue weighted by atomic mass is 19.1. The summed E-state index contributed by atoms with van der Waals surface area (Å²) < 4.78 is 14.1. The van der Waals surface area contributed by atoms with Crippen molar-refractivity contribution < 1.29 is 19.5 Å². The summed E-state index contributed by atoms with van der Waals surface area (Å²) in [6, 6.07) is 17.3. The molecule has 1 amide bonds. The van der Waals surface area contributed by atoms with Gasteiger partial charge in [0.15, 0.2) is 5.82 Å². The van der Waals surface area contributed by atoms with Crippen molar-refractivity contribution in [3.8, 4) is 11.4 Å². The van der Waals surface area contributed by atoms with Crippen molar-refractivity contribution in [3.63, 3.8) is 0 Å². The van der Waals surface area contributed by atoms with E-state index in [-0.39, 0.29) is 36.3 Å². The number of aliphatic hydroxyl groups is 1. The maximum Gasteiger partial charge on any atom is 0.230 e. The number of carbonyl (C=O) groups is 1. The highest BCUT2D eigenvalue weighted by Crippen LogP contribution is 2.30. The van der Waals surface area contributed by atoms with E-state index in [4.69, 9.17) is 0 Å². The van der Waals surface area contributed by atoms with Gasteiger partial charge in [0.05, 0.1) is 10.9 Å². The second-order valence-corrected chi connectivity index (χ2v) is 8.38. The van der Waals surface area contributed by atoms with Crippen LogP contribution in [0, 0.1) is 16.1 Å². The molecule has 0 aliphatic rings. The Balaban J connectivity index is 1.53. The van der Waals surface area contributed by atoms with E-state index in [1.807, 2.05) is 0 Å². The van der Waals surface area contributed by atoms with E-state index in [0.717, 1.165) is 10.3 Å². The number of hydrogen-bond donors (Lipinski definition) is 3. The molecule has 4 rings (SSSR count). The first-order valence-electron chi connectivity index (χ1n) is 10.7. The molecular formula is C25H23FN4O4. The van der Waals surface area contributed by atoms with Gasteiger partial charge < -0.3 is 15.6 Å². The fourth-order valence-corrected chi connectivity index (χ4v) is 3.86. The highest BCUT2D eigenvalue weighted by molar-refractivity contribution is 5.95. The zero-order valence-corrected chi connectivity index (χ0v) is 18.4. The number of amides is 1. The zero-order chi connectivity index (χ0) is 24.3. The number of nitrogens with zero attached hydrogens (tertiary/aromatic N) is 3. The van der Waals surface area contributed by atoms with Crippen molar-refractivity contribution in [2.45, 2.75) is 19.8 Å². The van der Waals surface area contributed by atoms with Crippen LogP contribution in [0.15, 0.2) is 71.9 Å². The summed E-state index contributed by atoms with van der Waals surface area (Å²) in [6.07, 6.45) is 0.574. The first-order chi connectivity index (χ1) is 16.3. The second kappa shape index (κ2) is 9.40. The van der Waals surface area contributed by atoms with Crippen LogP contribution in [0.2, 0.25) is 0 Å². The minimum atomic E-state index is -0.908. The summed E-state index contributed by atoms with van der Waals surface area (Å²) in [4.78, 5) is 28.3. The third-order valence-corrected chi connectivity index (χ3v) is 5.84. The van der Waals surface area contributed by atoms with Crippen LogP contribution in [0.1, 0.15) is 18.9 Å². The Morgan fingerprint density at radius 3 is 2.47 bits per heavy atom. The standard InChI is InChI=1S/C25H23FN4O4/c1-25(12-13-31,15-16-2-6-18(26)7-3-16)24(32)27-19-8-4-17(5-9-19)23-28-21-11-10-20(29-33)14-22(21)30(23)34/h2-11,14,31,34H,12-13,15H2,1H3,(H,27,32). The van der Waals surface area contributed by atoms with Crippen LogP contribution >= 0.6 is 0 Å². The van der Waals surface area contributed by atoms with Crippen LogP contribution in [0.3, 0.4) is 0 Å². The number of nitrogens with one attached hydrogen (secondary N) is 1. The summed E-state index contributed by atoms with van der Waals surface area (Å²) in [5.41, 5.74) is 2.05. The summed E-state index contributed by atoms with van der Waals surface area (Å²) in [5, 5.41) is 25.8. The number of anilines is 1. The average molecular weight is 462 g/mol. The van der Waals surface area contributed by atoms with Gasteiger partial charge in [-0.2, -0.15) is 4.73 Å². The zero-order valence-electron chi connectivity index (χ0n) is 18.4. The van der Waals surface area contributed by atoms with E-state index in [1.165, 1.54) is 24.3 Å². The smallest absolute Gasteiger partial charge is 0.230 e. The van der Waals surface area contributed by atoms with Crippen LogP contribution in [0.25, 0.3) is 22.4 Å². The van der Waals surface area contributed by atoms with Crippen molar-refractivity contribution in [1.82, 2.24) is 9.71 Å². The van der Waals surface area contributed by atoms with Crippen LogP contribution in [0.4, 0.5) is 15.8 Å². The molecule has 1 unspecified atom stereocenters. The van der Waals surface area contributed by atoms with Gasteiger partial charge in [-0.1, -0.05) is 19.1 Å². The van der Waals surface area contributed by atoms with Crippen LogP contribution < -0.4 is 5.32 Å². The molecule has 0 fully saturated rings. The van der Waals surface area contributed by atoms with E-state index < -0.39 is 5.41 Å². The predicted octanol–water partition coefficient (Wildman–Crippen LogP) is 5.05. The third kappa shape index (κ3) is 4.65. The summed E-state index contributed by atoms with van der Waals surface area (Å²) in [5.74, 6) is -0.353. The predicted molar refractivity (Wildman–Crippen MR) is 126 cm³/mol. The highest BCUT2D eigenvalue weighted by Gasteiger charge is 2.33. The average Bonchev–Trinajstić information content (AvgIpc) is 3.17. The number of nitroso groups, excluding NO2 is 1. The fourth-order valence-electron chi connectivity index (χ4n) is 3.86. The number of fused-ring (bicyclic) bond motifs is 1. The number of imidazole rings is 1. The first kappa shape index (κ1) is 23.1. The molecule has 34 heavy (non-hydrogen) atoms. The molecule has 9 heteroatoms. The molecule has 0 bridgehead atoms. The molecule has 0 saturated carbocycles. The van der Waals surface area contributed by atoms with Gasteiger partial charge in [-0.15, -0.1) is 4.91 Å². The molecule has 3 N–H and O–H groups in total. The lowest BCUT2D eigenvalue weighted by atomic mass is 9.79. The Kier molecular flexibility index (Phi) is 6.38. The van der Waals surface area contributed by atoms with Crippen LogP contribution in [-0.2, 0) is 11.2 Å². The molecule has 0 spiro atoms. The minimum absolute atomic E-state index is 0.169. The maximum absolute atomic E-state index is 13.2. The van der Waals surface area contributed by atoms with E-state index in [2.05, 4.69) is 15.5 Å². The van der Waals surface area contributed by atoms with Gasteiger partial charge in [0.25, 0.3) is 0 Å². The molecule has 1 atom stereocenters. The van der Waals surface area contributed by atoms with Gasteiger partial charge in [-0.25, -0.2) is 9.37 Å². The molecule has 8 nitrogen and oxygen atoms in total. The van der Waals surface area contributed by atoms with Gasteiger partial charge in [0.2, 0.25) is 5.91 Å². The lowest BCUT2D eigenvalue weighted by molar-refractivity contribution is -0.125.